The molecule has 1 rings (SSSR count). The molecule has 1 saturated heterocycles. The molecular weight excluding hydrogens is 382 g/mol. The van der Waals surface area contributed by atoms with E-state index in [1.54, 1.807) is 4.90 Å². The maximum atomic E-state index is 12.3. The van der Waals surface area contributed by atoms with E-state index in [0.29, 0.717) is 58.6 Å². The molecule has 1 atom stereocenters. The van der Waals surface area contributed by atoms with Gasteiger partial charge in [-0.15, -0.1) is 0 Å². The van der Waals surface area contributed by atoms with Gasteiger partial charge in [0.1, 0.15) is 12.5 Å². The summed E-state index contributed by atoms with van der Waals surface area (Å²) in [5.41, 5.74) is -0.471. The van der Waals surface area contributed by atoms with Gasteiger partial charge in [-0.3, -0.25) is 33.9 Å². The van der Waals surface area contributed by atoms with Gasteiger partial charge in [-0.1, -0.05) is 20.8 Å². The molecule has 1 aliphatic rings. The van der Waals surface area contributed by atoms with Crippen LogP contribution in [0, 0.1) is 5.41 Å². The first-order valence-electron chi connectivity index (χ1n) is 9.75. The second kappa shape index (κ2) is 12.5. The van der Waals surface area contributed by atoms with Crippen LogP contribution < -0.4 is 0 Å². The van der Waals surface area contributed by atoms with Crippen LogP contribution in [0.4, 0.5) is 0 Å². The Hall–Kier alpha value is -2.04. The maximum absolute atomic E-state index is 12.3. The van der Waals surface area contributed by atoms with Crippen LogP contribution >= 0.6 is 0 Å². The summed E-state index contributed by atoms with van der Waals surface area (Å²) >= 11 is 0. The molecule has 1 N–H and O–H groups in total. The second-order valence-corrected chi connectivity index (χ2v) is 8.11. The average Bonchev–Trinajstić information content (AvgIpc) is 2.73. The summed E-state index contributed by atoms with van der Waals surface area (Å²) in [6.07, 6.45) is 0.0471. The summed E-state index contributed by atoms with van der Waals surface area (Å²) < 4.78 is 10.1. The third-order valence-corrected chi connectivity index (χ3v) is 4.90. The quantitative estimate of drug-likeness (QED) is 0.463. The fourth-order valence-electron chi connectivity index (χ4n) is 3.09. The van der Waals surface area contributed by atoms with Gasteiger partial charge in [0.25, 0.3) is 12.9 Å². The normalized spacial score (nSPS) is 18.7. The summed E-state index contributed by atoms with van der Waals surface area (Å²) in [6.45, 7) is 9.33. The first kappa shape index (κ1) is 25.0. The first-order valence-corrected chi connectivity index (χ1v) is 9.75. The summed E-state index contributed by atoms with van der Waals surface area (Å²) in [5, 5.41) is 9.14. The van der Waals surface area contributed by atoms with Gasteiger partial charge >= 0.3 is 5.97 Å². The Labute approximate surface area is 171 Å². The lowest BCUT2D eigenvalue weighted by Crippen LogP contribution is -2.45. The largest absolute Gasteiger partial charge is 0.480 e. The molecule has 0 radical (unpaired) electrons. The van der Waals surface area contributed by atoms with E-state index in [2.05, 4.69) is 0 Å². The Balaban J connectivity index is 2.87. The van der Waals surface area contributed by atoms with E-state index in [9.17, 15) is 19.2 Å². The Kier molecular flexibility index (Phi) is 10.8. The van der Waals surface area contributed by atoms with Crippen molar-refractivity contribution in [2.75, 3.05) is 52.5 Å². The van der Waals surface area contributed by atoms with Crippen molar-refractivity contribution in [3.05, 3.63) is 0 Å². The highest BCUT2D eigenvalue weighted by Gasteiger charge is 2.27. The molecule has 1 fully saturated rings. The van der Waals surface area contributed by atoms with Gasteiger partial charge < -0.3 is 14.6 Å². The molecule has 0 aromatic rings. The number of aliphatic carboxylic acids is 1. The van der Waals surface area contributed by atoms with E-state index in [0.717, 1.165) is 0 Å². The molecule has 0 aromatic heterocycles. The number of carbonyl (C=O) groups is 4. The third kappa shape index (κ3) is 9.82. The third-order valence-electron chi connectivity index (χ3n) is 4.90. The van der Waals surface area contributed by atoms with Gasteiger partial charge in [0.15, 0.2) is 6.23 Å². The van der Waals surface area contributed by atoms with Crippen LogP contribution in [0.2, 0.25) is 0 Å². The minimum absolute atomic E-state index is 0.0785. The van der Waals surface area contributed by atoms with Crippen molar-refractivity contribution in [1.82, 2.24) is 14.7 Å². The summed E-state index contributed by atoms with van der Waals surface area (Å²) in [4.78, 5) is 50.6. The first-order chi connectivity index (χ1) is 13.7. The Morgan fingerprint density at radius 1 is 1.00 bits per heavy atom. The molecule has 0 spiro atoms. The molecule has 1 aliphatic heterocycles. The summed E-state index contributed by atoms with van der Waals surface area (Å²) in [7, 11) is 0. The number of hydrogen-bond acceptors (Lipinski definition) is 9. The van der Waals surface area contributed by atoms with E-state index in [4.69, 9.17) is 14.6 Å². The van der Waals surface area contributed by atoms with Gasteiger partial charge in [0.05, 0.1) is 6.54 Å². The van der Waals surface area contributed by atoms with Crippen LogP contribution in [0.3, 0.4) is 0 Å². The lowest BCUT2D eigenvalue weighted by Gasteiger charge is -2.32. The number of ketones is 1. The van der Waals surface area contributed by atoms with Crippen molar-refractivity contribution >= 4 is 24.7 Å². The van der Waals surface area contributed by atoms with Crippen molar-refractivity contribution in [1.29, 1.82) is 0 Å². The molecule has 0 bridgehead atoms. The van der Waals surface area contributed by atoms with Gasteiger partial charge in [0.2, 0.25) is 0 Å². The molecule has 0 aliphatic carbocycles. The highest BCUT2D eigenvalue weighted by molar-refractivity contribution is 5.83. The number of Topliss-reactive ketones (excluding diaryl/α,β-unsaturated/α-hetero) is 1. The SMILES string of the molecule is CC(C)(C)C(=O)CCC(OC=O)N1CCN(COC=O)CCN(CC(=O)O)CC1. The van der Waals surface area contributed by atoms with E-state index in [-0.39, 0.29) is 25.5 Å². The van der Waals surface area contributed by atoms with Crippen molar-refractivity contribution in [2.45, 2.75) is 39.8 Å². The maximum Gasteiger partial charge on any atom is 0.317 e. The Morgan fingerprint density at radius 2 is 1.59 bits per heavy atom. The molecular formula is C19H33N3O7. The molecule has 10 heteroatoms. The molecule has 0 amide bonds. The summed E-state index contributed by atoms with van der Waals surface area (Å²) in [6, 6.07) is 0. The zero-order valence-corrected chi connectivity index (χ0v) is 17.5. The van der Waals surface area contributed by atoms with Crippen LogP contribution in [0.1, 0.15) is 33.6 Å². The lowest BCUT2D eigenvalue weighted by atomic mass is 9.88. The zero-order valence-electron chi connectivity index (χ0n) is 17.5. The minimum Gasteiger partial charge on any atom is -0.480 e. The number of rotatable bonds is 11. The van der Waals surface area contributed by atoms with Crippen molar-refractivity contribution in [3.63, 3.8) is 0 Å². The molecule has 10 nitrogen and oxygen atoms in total. The average molecular weight is 415 g/mol. The fraction of sp³-hybridized carbons (Fsp3) is 0.789. The molecule has 29 heavy (non-hydrogen) atoms. The van der Waals surface area contributed by atoms with E-state index >= 15 is 0 Å². The molecule has 1 unspecified atom stereocenters. The van der Waals surface area contributed by atoms with Gasteiger partial charge in [-0.25, -0.2) is 0 Å². The number of ether oxygens (including phenoxy) is 2. The predicted octanol–water partition coefficient (Wildman–Crippen LogP) is 0.0156. The van der Waals surface area contributed by atoms with Crippen LogP contribution in [0.25, 0.3) is 0 Å². The summed E-state index contributed by atoms with van der Waals surface area (Å²) in [5.74, 6) is -0.849. The van der Waals surface area contributed by atoms with Crippen molar-refractivity contribution in [3.8, 4) is 0 Å². The van der Waals surface area contributed by atoms with Crippen molar-refractivity contribution in [2.24, 2.45) is 5.41 Å². The van der Waals surface area contributed by atoms with Gasteiger partial charge in [-0.2, -0.15) is 0 Å². The number of carbonyl (C=O) groups excluding carboxylic acids is 3. The van der Waals surface area contributed by atoms with Crippen LogP contribution in [-0.4, -0.2) is 103 Å². The Bertz CT molecular complexity index is 550. The lowest BCUT2D eigenvalue weighted by molar-refractivity contribution is -0.146. The molecule has 1 heterocycles. The number of carboxylic acid groups (broad SMARTS) is 1. The van der Waals surface area contributed by atoms with Crippen LogP contribution in [0.15, 0.2) is 0 Å². The van der Waals surface area contributed by atoms with Crippen LogP contribution in [0.5, 0.6) is 0 Å². The second-order valence-electron chi connectivity index (χ2n) is 8.11. The Morgan fingerprint density at radius 3 is 2.14 bits per heavy atom. The highest BCUT2D eigenvalue weighted by atomic mass is 16.5. The van der Waals surface area contributed by atoms with Gasteiger partial charge in [0, 0.05) is 57.5 Å². The highest BCUT2D eigenvalue weighted by Crippen LogP contribution is 2.20. The predicted molar refractivity (Wildman–Crippen MR) is 104 cm³/mol. The fourth-order valence-corrected chi connectivity index (χ4v) is 3.09. The zero-order chi connectivity index (χ0) is 21.9. The van der Waals surface area contributed by atoms with E-state index in [1.807, 2.05) is 30.6 Å². The van der Waals surface area contributed by atoms with Crippen molar-refractivity contribution < 1.29 is 33.8 Å². The van der Waals surface area contributed by atoms with E-state index < -0.39 is 17.6 Å². The minimum atomic E-state index is -0.928. The van der Waals surface area contributed by atoms with Gasteiger partial charge in [-0.05, 0) is 0 Å². The number of hydrogen-bond donors (Lipinski definition) is 1. The molecule has 0 saturated carbocycles. The number of carboxylic acids is 1. The standard InChI is InChI=1S/C19H33N3O7/c1-19(2,3)16(25)4-5-17(29-15-24)22-10-8-20(12-18(26)27)6-7-21(9-11-22)13-28-14-23/h14-15,17H,4-13H2,1-3H3,(H,26,27). The molecule has 0 aromatic carbocycles. The van der Waals surface area contributed by atoms with Crippen LogP contribution in [-0.2, 0) is 28.7 Å². The topological polar surface area (TPSA) is 117 Å². The smallest absolute Gasteiger partial charge is 0.317 e. The van der Waals surface area contributed by atoms with E-state index in [1.165, 1.54) is 0 Å². The molecule has 166 valence electrons. The number of nitrogens with zero attached hydrogens (tertiary/aromatic N) is 3. The monoisotopic (exact) mass is 415 g/mol.